The zero-order chi connectivity index (χ0) is 12.3. The minimum Gasteiger partial charge on any atom is -0.369 e. The van der Waals surface area contributed by atoms with Crippen LogP contribution < -0.4 is 11.1 Å². The van der Waals surface area contributed by atoms with Crippen LogP contribution in [0, 0.1) is 5.41 Å². The summed E-state index contributed by atoms with van der Waals surface area (Å²) in [5.41, 5.74) is 6.24. The Labute approximate surface area is 106 Å². The minimum absolute atomic E-state index is 0.209. The van der Waals surface area contributed by atoms with Crippen molar-refractivity contribution in [2.75, 3.05) is 13.1 Å². The Morgan fingerprint density at radius 2 is 2.12 bits per heavy atom. The molecule has 1 aromatic carbocycles. The number of amides is 1. The molecule has 1 saturated heterocycles. The van der Waals surface area contributed by atoms with E-state index in [9.17, 15) is 4.79 Å². The molecule has 1 heterocycles. The van der Waals surface area contributed by atoms with Crippen LogP contribution in [-0.2, 0) is 11.2 Å². The number of piperidine rings is 1. The van der Waals surface area contributed by atoms with E-state index in [0.717, 1.165) is 24.9 Å². The molecule has 4 heteroatoms. The molecule has 0 aromatic heterocycles. The number of primary amides is 1. The van der Waals surface area contributed by atoms with Crippen LogP contribution in [0.5, 0.6) is 0 Å². The first-order valence-electron chi connectivity index (χ1n) is 5.87. The van der Waals surface area contributed by atoms with Crippen molar-refractivity contribution < 1.29 is 4.79 Å². The first-order valence-corrected chi connectivity index (χ1v) is 6.25. The van der Waals surface area contributed by atoms with E-state index in [0.29, 0.717) is 18.0 Å². The van der Waals surface area contributed by atoms with E-state index < -0.39 is 5.41 Å². The topological polar surface area (TPSA) is 55.1 Å². The number of nitrogens with two attached hydrogens (primary N) is 1. The van der Waals surface area contributed by atoms with E-state index in [1.54, 1.807) is 0 Å². The second-order valence-electron chi connectivity index (χ2n) is 4.73. The summed E-state index contributed by atoms with van der Waals surface area (Å²) in [6, 6.07) is 7.62. The molecule has 1 aromatic rings. The molecule has 0 radical (unpaired) electrons. The predicted octanol–water partition coefficient (Wildman–Crippen LogP) is 1.74. The third kappa shape index (κ3) is 2.79. The molecule has 3 N–H and O–H groups in total. The quantitative estimate of drug-likeness (QED) is 0.861. The molecule has 0 aliphatic carbocycles. The van der Waals surface area contributed by atoms with E-state index in [1.807, 2.05) is 24.3 Å². The summed E-state index contributed by atoms with van der Waals surface area (Å²) in [6.45, 7) is 1.64. The van der Waals surface area contributed by atoms with Crippen molar-refractivity contribution in [3.8, 4) is 0 Å². The average Bonchev–Trinajstić information content (AvgIpc) is 2.33. The highest BCUT2D eigenvalue weighted by Gasteiger charge is 2.37. The van der Waals surface area contributed by atoms with Crippen molar-refractivity contribution in [3.05, 3.63) is 34.9 Å². The van der Waals surface area contributed by atoms with Crippen LogP contribution in [-0.4, -0.2) is 19.0 Å². The second-order valence-corrected chi connectivity index (χ2v) is 5.16. The molecular weight excluding hydrogens is 236 g/mol. The molecule has 2 rings (SSSR count). The van der Waals surface area contributed by atoms with Crippen molar-refractivity contribution in [3.63, 3.8) is 0 Å². The average molecular weight is 253 g/mol. The number of carbonyl (C=O) groups is 1. The Morgan fingerprint density at radius 3 is 2.65 bits per heavy atom. The van der Waals surface area contributed by atoms with Crippen LogP contribution in [0.4, 0.5) is 0 Å². The lowest BCUT2D eigenvalue weighted by Gasteiger charge is -2.34. The zero-order valence-electron chi connectivity index (χ0n) is 9.71. The van der Waals surface area contributed by atoms with Crippen molar-refractivity contribution in [1.82, 2.24) is 5.32 Å². The van der Waals surface area contributed by atoms with Gasteiger partial charge in [0.25, 0.3) is 0 Å². The lowest BCUT2D eigenvalue weighted by molar-refractivity contribution is -0.128. The third-order valence-electron chi connectivity index (χ3n) is 3.45. The van der Waals surface area contributed by atoms with Gasteiger partial charge in [-0.1, -0.05) is 23.7 Å². The van der Waals surface area contributed by atoms with Crippen molar-refractivity contribution in [2.45, 2.75) is 19.3 Å². The van der Waals surface area contributed by atoms with Gasteiger partial charge in [-0.3, -0.25) is 4.79 Å². The van der Waals surface area contributed by atoms with Gasteiger partial charge in [0, 0.05) is 11.6 Å². The van der Waals surface area contributed by atoms with Gasteiger partial charge in [-0.15, -0.1) is 0 Å². The van der Waals surface area contributed by atoms with Gasteiger partial charge >= 0.3 is 0 Å². The monoisotopic (exact) mass is 252 g/mol. The summed E-state index contributed by atoms with van der Waals surface area (Å²) < 4.78 is 0. The van der Waals surface area contributed by atoms with Gasteiger partial charge in [0.15, 0.2) is 0 Å². The molecule has 1 atom stereocenters. The highest BCUT2D eigenvalue weighted by atomic mass is 35.5. The molecule has 1 aliphatic heterocycles. The number of nitrogens with one attached hydrogen (secondary N) is 1. The van der Waals surface area contributed by atoms with Gasteiger partial charge in [-0.25, -0.2) is 0 Å². The summed E-state index contributed by atoms with van der Waals surface area (Å²) in [4.78, 5) is 11.7. The molecule has 92 valence electrons. The van der Waals surface area contributed by atoms with E-state index in [1.165, 1.54) is 0 Å². The molecule has 17 heavy (non-hydrogen) atoms. The van der Waals surface area contributed by atoms with Gasteiger partial charge in [0.1, 0.15) is 0 Å². The fourth-order valence-electron chi connectivity index (χ4n) is 2.41. The molecule has 0 bridgehead atoms. The van der Waals surface area contributed by atoms with Crippen LogP contribution in [0.2, 0.25) is 5.02 Å². The van der Waals surface area contributed by atoms with Gasteiger partial charge in [0.2, 0.25) is 5.91 Å². The van der Waals surface area contributed by atoms with Crippen LogP contribution >= 0.6 is 11.6 Å². The number of rotatable bonds is 3. The Bertz CT molecular complexity index is 396. The minimum atomic E-state index is -0.438. The van der Waals surface area contributed by atoms with Crippen molar-refractivity contribution in [2.24, 2.45) is 11.1 Å². The Morgan fingerprint density at radius 1 is 1.41 bits per heavy atom. The maximum absolute atomic E-state index is 11.7. The maximum Gasteiger partial charge on any atom is 0.225 e. The summed E-state index contributed by atoms with van der Waals surface area (Å²) in [7, 11) is 0. The largest absolute Gasteiger partial charge is 0.369 e. The summed E-state index contributed by atoms with van der Waals surface area (Å²) >= 11 is 5.85. The molecule has 3 nitrogen and oxygen atoms in total. The Balaban J connectivity index is 2.17. The van der Waals surface area contributed by atoms with Gasteiger partial charge < -0.3 is 11.1 Å². The number of hydrogen-bond acceptors (Lipinski definition) is 2. The summed E-state index contributed by atoms with van der Waals surface area (Å²) in [5.74, 6) is -0.209. The van der Waals surface area contributed by atoms with Crippen LogP contribution in [0.25, 0.3) is 0 Å². The molecular formula is C13H17ClN2O. The lowest BCUT2D eigenvalue weighted by atomic mass is 9.75. The highest BCUT2D eigenvalue weighted by Crippen LogP contribution is 2.30. The number of carbonyl (C=O) groups excluding carboxylic acids is 1. The van der Waals surface area contributed by atoms with Crippen molar-refractivity contribution >= 4 is 17.5 Å². The fourth-order valence-corrected chi connectivity index (χ4v) is 2.54. The summed E-state index contributed by atoms with van der Waals surface area (Å²) in [6.07, 6.45) is 2.54. The SMILES string of the molecule is NC(=O)C1(Cc2ccc(Cl)cc2)CCCNC1. The van der Waals surface area contributed by atoms with E-state index in [2.05, 4.69) is 5.32 Å². The van der Waals surface area contributed by atoms with E-state index in [4.69, 9.17) is 17.3 Å². The predicted molar refractivity (Wildman–Crippen MR) is 68.9 cm³/mol. The molecule has 1 unspecified atom stereocenters. The lowest BCUT2D eigenvalue weighted by Crippen LogP contribution is -2.50. The van der Waals surface area contributed by atoms with Gasteiger partial charge in [0.05, 0.1) is 5.41 Å². The summed E-state index contributed by atoms with van der Waals surface area (Å²) in [5, 5.41) is 3.97. The molecule has 1 fully saturated rings. The van der Waals surface area contributed by atoms with E-state index in [-0.39, 0.29) is 5.91 Å². The maximum atomic E-state index is 11.7. The van der Waals surface area contributed by atoms with Crippen LogP contribution in [0.1, 0.15) is 18.4 Å². The van der Waals surface area contributed by atoms with Gasteiger partial charge in [-0.05, 0) is 43.5 Å². The molecule has 1 amide bonds. The first kappa shape index (κ1) is 12.4. The molecule has 0 saturated carbocycles. The molecule has 1 aliphatic rings. The second kappa shape index (κ2) is 5.07. The van der Waals surface area contributed by atoms with E-state index >= 15 is 0 Å². The number of benzene rings is 1. The standard InChI is InChI=1S/C13H17ClN2O/c14-11-4-2-10(3-5-11)8-13(12(15)17)6-1-7-16-9-13/h2-5,16H,1,6-9H2,(H2,15,17). The number of halogens is 1. The Kier molecular flexibility index (Phi) is 3.69. The normalized spacial score (nSPS) is 24.5. The third-order valence-corrected chi connectivity index (χ3v) is 3.70. The van der Waals surface area contributed by atoms with Crippen LogP contribution in [0.15, 0.2) is 24.3 Å². The van der Waals surface area contributed by atoms with Crippen LogP contribution in [0.3, 0.4) is 0 Å². The Hall–Kier alpha value is -1.06. The van der Waals surface area contributed by atoms with Crippen molar-refractivity contribution in [1.29, 1.82) is 0 Å². The zero-order valence-corrected chi connectivity index (χ0v) is 10.5. The molecule has 0 spiro atoms. The first-order chi connectivity index (χ1) is 8.12. The number of hydrogen-bond donors (Lipinski definition) is 2. The highest BCUT2D eigenvalue weighted by molar-refractivity contribution is 6.30. The van der Waals surface area contributed by atoms with Gasteiger partial charge in [-0.2, -0.15) is 0 Å². The smallest absolute Gasteiger partial charge is 0.225 e. The fraction of sp³-hybridized carbons (Fsp3) is 0.462.